The smallest absolute Gasteiger partial charge is 0.217 e. The molecule has 0 aromatic rings. The molecule has 0 aromatic heterocycles. The molecule has 0 atom stereocenters. The Kier molecular flexibility index (Phi) is 4.94. The normalized spacial score (nSPS) is 21.8. The standard InChI is InChI=1S/C9H20N2O4S2/c1-2-11(6-5-10)17(14,15)9-3-7-16(12,13)8-4-9/h9H,2-8,10H2,1H3. The Bertz CT molecular complexity index is 430. The Hall–Kier alpha value is -0.180. The Labute approximate surface area is 103 Å². The number of hydrogen-bond acceptors (Lipinski definition) is 5. The summed E-state index contributed by atoms with van der Waals surface area (Å²) in [6.07, 6.45) is 0.400. The summed E-state index contributed by atoms with van der Waals surface area (Å²) < 4.78 is 48.2. The molecule has 1 heterocycles. The van der Waals surface area contributed by atoms with E-state index in [1.165, 1.54) is 4.31 Å². The van der Waals surface area contributed by atoms with Gasteiger partial charge < -0.3 is 5.73 Å². The van der Waals surface area contributed by atoms with Gasteiger partial charge in [-0.15, -0.1) is 0 Å². The molecule has 0 spiro atoms. The van der Waals surface area contributed by atoms with E-state index in [4.69, 9.17) is 5.73 Å². The van der Waals surface area contributed by atoms with E-state index in [0.29, 0.717) is 13.1 Å². The Morgan fingerprint density at radius 2 is 1.82 bits per heavy atom. The van der Waals surface area contributed by atoms with Crippen molar-refractivity contribution < 1.29 is 16.8 Å². The quantitative estimate of drug-likeness (QED) is 0.711. The van der Waals surface area contributed by atoms with Gasteiger partial charge in [-0.25, -0.2) is 21.1 Å². The van der Waals surface area contributed by atoms with E-state index in [0.717, 1.165) is 0 Å². The summed E-state index contributed by atoms with van der Waals surface area (Å²) in [5, 5.41) is -0.572. The van der Waals surface area contributed by atoms with Crippen molar-refractivity contribution in [3.63, 3.8) is 0 Å². The first-order chi connectivity index (χ1) is 7.83. The predicted octanol–water partition coefficient (Wildman–Crippen LogP) is -0.826. The molecule has 0 aliphatic carbocycles. The van der Waals surface area contributed by atoms with Gasteiger partial charge in [0.15, 0.2) is 0 Å². The van der Waals surface area contributed by atoms with Crippen LogP contribution in [-0.4, -0.2) is 57.5 Å². The Morgan fingerprint density at radius 1 is 1.29 bits per heavy atom. The third-order valence-corrected chi connectivity index (χ3v) is 7.20. The number of sulfone groups is 1. The molecule has 102 valence electrons. The summed E-state index contributed by atoms with van der Waals surface area (Å²) in [6.45, 7) is 2.70. The van der Waals surface area contributed by atoms with Crippen LogP contribution < -0.4 is 5.73 Å². The number of likely N-dealkylation sites (N-methyl/N-ethyl adjacent to an activating group) is 1. The highest BCUT2D eigenvalue weighted by Crippen LogP contribution is 2.22. The third kappa shape index (κ3) is 3.64. The minimum Gasteiger partial charge on any atom is -0.329 e. The second-order valence-corrected chi connectivity index (χ2v) is 8.69. The lowest BCUT2D eigenvalue weighted by Crippen LogP contribution is -2.44. The fourth-order valence-electron chi connectivity index (χ4n) is 1.99. The molecule has 0 aromatic carbocycles. The molecular weight excluding hydrogens is 264 g/mol. The van der Waals surface area contributed by atoms with E-state index < -0.39 is 25.1 Å². The van der Waals surface area contributed by atoms with Crippen LogP contribution in [0.4, 0.5) is 0 Å². The third-order valence-electron chi connectivity index (χ3n) is 3.01. The van der Waals surface area contributed by atoms with E-state index in [-0.39, 0.29) is 30.9 Å². The van der Waals surface area contributed by atoms with E-state index in [1.54, 1.807) is 6.92 Å². The highest BCUT2D eigenvalue weighted by Gasteiger charge is 2.35. The molecule has 0 amide bonds. The number of hydrogen-bond donors (Lipinski definition) is 1. The molecule has 0 bridgehead atoms. The summed E-state index contributed by atoms with van der Waals surface area (Å²) in [7, 11) is -6.43. The van der Waals surface area contributed by atoms with Crippen molar-refractivity contribution in [2.45, 2.75) is 25.0 Å². The summed E-state index contributed by atoms with van der Waals surface area (Å²) in [4.78, 5) is 0. The largest absolute Gasteiger partial charge is 0.329 e. The van der Waals surface area contributed by atoms with Crippen LogP contribution in [0.15, 0.2) is 0 Å². The van der Waals surface area contributed by atoms with Crippen molar-refractivity contribution in [3.8, 4) is 0 Å². The zero-order chi connectivity index (χ0) is 13.1. The number of sulfonamides is 1. The lowest BCUT2D eigenvalue weighted by atomic mass is 10.2. The van der Waals surface area contributed by atoms with Gasteiger partial charge in [0.25, 0.3) is 0 Å². The summed E-state index contributed by atoms with van der Waals surface area (Å²) in [5.41, 5.74) is 5.37. The van der Waals surface area contributed by atoms with Gasteiger partial charge in [-0.3, -0.25) is 0 Å². The van der Waals surface area contributed by atoms with Gasteiger partial charge in [0.2, 0.25) is 10.0 Å². The Morgan fingerprint density at radius 3 is 2.24 bits per heavy atom. The molecule has 2 N–H and O–H groups in total. The van der Waals surface area contributed by atoms with Gasteiger partial charge in [-0.1, -0.05) is 6.92 Å². The lowest BCUT2D eigenvalue weighted by molar-refractivity contribution is 0.421. The number of nitrogens with zero attached hydrogens (tertiary/aromatic N) is 1. The van der Waals surface area contributed by atoms with Crippen LogP contribution in [0.5, 0.6) is 0 Å². The first kappa shape index (κ1) is 14.9. The first-order valence-electron chi connectivity index (χ1n) is 5.73. The monoisotopic (exact) mass is 284 g/mol. The zero-order valence-corrected chi connectivity index (χ0v) is 11.6. The van der Waals surface area contributed by atoms with E-state index >= 15 is 0 Å². The van der Waals surface area contributed by atoms with E-state index in [2.05, 4.69) is 0 Å². The molecule has 1 rings (SSSR count). The second-order valence-electron chi connectivity index (χ2n) is 4.18. The fraction of sp³-hybridized carbons (Fsp3) is 1.00. The minimum atomic E-state index is -3.40. The van der Waals surface area contributed by atoms with Crippen molar-refractivity contribution in [2.24, 2.45) is 5.73 Å². The van der Waals surface area contributed by atoms with Gasteiger partial charge in [0.1, 0.15) is 9.84 Å². The van der Waals surface area contributed by atoms with Gasteiger partial charge >= 0.3 is 0 Å². The summed E-state index contributed by atoms with van der Waals surface area (Å²) in [6, 6.07) is 0. The van der Waals surface area contributed by atoms with Crippen LogP contribution in [0.3, 0.4) is 0 Å². The van der Waals surface area contributed by atoms with Crippen molar-refractivity contribution in [1.29, 1.82) is 0 Å². The fourth-order valence-corrected chi connectivity index (χ4v) is 5.75. The molecule has 8 heteroatoms. The molecule has 0 unspecified atom stereocenters. The number of rotatable bonds is 5. The molecule has 1 aliphatic heterocycles. The maximum Gasteiger partial charge on any atom is 0.217 e. The topological polar surface area (TPSA) is 97.5 Å². The van der Waals surface area contributed by atoms with Crippen LogP contribution in [0.1, 0.15) is 19.8 Å². The van der Waals surface area contributed by atoms with Crippen LogP contribution >= 0.6 is 0 Å². The van der Waals surface area contributed by atoms with Crippen molar-refractivity contribution in [1.82, 2.24) is 4.31 Å². The summed E-state index contributed by atoms with van der Waals surface area (Å²) >= 11 is 0. The average molecular weight is 284 g/mol. The van der Waals surface area contributed by atoms with Gasteiger partial charge in [0.05, 0.1) is 16.8 Å². The van der Waals surface area contributed by atoms with Crippen molar-refractivity contribution in [3.05, 3.63) is 0 Å². The average Bonchev–Trinajstić information content (AvgIpc) is 2.25. The Balaban J connectivity index is 2.78. The minimum absolute atomic E-state index is 0.0307. The van der Waals surface area contributed by atoms with Crippen LogP contribution in [0.2, 0.25) is 0 Å². The molecular formula is C9H20N2O4S2. The lowest BCUT2D eigenvalue weighted by Gasteiger charge is -2.28. The molecule has 1 fully saturated rings. The van der Waals surface area contributed by atoms with Crippen LogP contribution in [0, 0.1) is 0 Å². The molecule has 17 heavy (non-hydrogen) atoms. The van der Waals surface area contributed by atoms with E-state index in [9.17, 15) is 16.8 Å². The highest BCUT2D eigenvalue weighted by molar-refractivity contribution is 7.92. The molecule has 1 aliphatic rings. The molecule has 1 saturated heterocycles. The first-order valence-corrected chi connectivity index (χ1v) is 9.05. The maximum absolute atomic E-state index is 12.2. The van der Waals surface area contributed by atoms with Crippen LogP contribution in [0.25, 0.3) is 0 Å². The molecule has 6 nitrogen and oxygen atoms in total. The zero-order valence-electron chi connectivity index (χ0n) is 10.0. The molecule has 0 radical (unpaired) electrons. The van der Waals surface area contributed by atoms with Gasteiger partial charge in [-0.2, -0.15) is 0 Å². The van der Waals surface area contributed by atoms with Crippen LogP contribution in [-0.2, 0) is 19.9 Å². The van der Waals surface area contributed by atoms with E-state index in [1.807, 2.05) is 0 Å². The predicted molar refractivity (Wildman–Crippen MR) is 66.9 cm³/mol. The number of nitrogens with two attached hydrogens (primary N) is 1. The van der Waals surface area contributed by atoms with Crippen molar-refractivity contribution >= 4 is 19.9 Å². The van der Waals surface area contributed by atoms with Crippen molar-refractivity contribution in [2.75, 3.05) is 31.1 Å². The SMILES string of the molecule is CCN(CCN)S(=O)(=O)C1CCS(=O)(=O)CC1. The highest BCUT2D eigenvalue weighted by atomic mass is 32.2. The molecule has 0 saturated carbocycles. The summed E-state index contributed by atoms with van der Waals surface area (Å²) in [5.74, 6) is -0.0614. The maximum atomic E-state index is 12.2. The van der Waals surface area contributed by atoms with Gasteiger partial charge in [-0.05, 0) is 12.8 Å². The second kappa shape index (κ2) is 5.64. The van der Waals surface area contributed by atoms with Gasteiger partial charge in [0, 0.05) is 19.6 Å².